The number of hydrogen-bond acceptors (Lipinski definition) is 2. The van der Waals surface area contributed by atoms with Crippen LogP contribution in [-0.4, -0.2) is 33.3 Å². The summed E-state index contributed by atoms with van der Waals surface area (Å²) in [7, 11) is 5.00. The first kappa shape index (κ1) is 17.3. The van der Waals surface area contributed by atoms with Gasteiger partial charge >= 0.3 is 0 Å². The van der Waals surface area contributed by atoms with Crippen LogP contribution >= 0.6 is 31.9 Å². The van der Waals surface area contributed by atoms with Crippen LogP contribution in [0.5, 0.6) is 11.5 Å². The fourth-order valence-electron chi connectivity index (χ4n) is 3.29. The van der Waals surface area contributed by atoms with Gasteiger partial charge in [0.05, 0.1) is 23.2 Å². The van der Waals surface area contributed by atoms with Gasteiger partial charge in [-0.2, -0.15) is 0 Å². The molecule has 2 aromatic rings. The van der Waals surface area contributed by atoms with Gasteiger partial charge in [0.1, 0.15) is 11.5 Å². The Morgan fingerprint density at radius 2 is 1.17 bits per heavy atom. The fraction of sp³-hybridized carbons (Fsp3) is 0.294. The van der Waals surface area contributed by atoms with Crippen LogP contribution in [0, 0.1) is 0 Å². The summed E-state index contributed by atoms with van der Waals surface area (Å²) in [5.74, 6) is 1.73. The Labute approximate surface area is 158 Å². The van der Waals surface area contributed by atoms with Crippen LogP contribution in [0.2, 0.25) is 13.1 Å². The zero-order valence-electron chi connectivity index (χ0n) is 13.4. The van der Waals surface area contributed by atoms with Crippen LogP contribution in [-0.2, 0) is 4.66 Å². The molecule has 0 saturated carbocycles. The average molecular weight is 468 g/mol. The lowest BCUT2D eigenvalue weighted by Gasteiger charge is -2.29. The highest BCUT2D eigenvalue weighted by Gasteiger charge is 2.42. The van der Waals surface area contributed by atoms with E-state index in [-0.39, 0.29) is 4.66 Å². The Morgan fingerprint density at radius 3 is 1.48 bits per heavy atom. The van der Waals surface area contributed by atoms with Gasteiger partial charge < -0.3 is 9.47 Å². The predicted octanol–water partition coefficient (Wildman–Crippen LogP) is 4.91. The molecule has 0 saturated heterocycles. The largest absolute Gasteiger partial charge is 0.496 e. The van der Waals surface area contributed by atoms with Crippen molar-refractivity contribution in [1.29, 1.82) is 0 Å². The summed E-state index contributed by atoms with van der Waals surface area (Å²) in [6, 6.07) is 8.77. The number of methoxy groups -OCH3 is 2. The number of halogens is 2. The Kier molecular flexibility index (Phi) is 4.79. The predicted molar refractivity (Wildman–Crippen MR) is 104 cm³/mol. The highest BCUT2D eigenvalue weighted by Crippen LogP contribution is 2.52. The first-order chi connectivity index (χ1) is 11.0. The van der Waals surface area contributed by atoms with Gasteiger partial charge in [0.2, 0.25) is 0 Å². The molecule has 0 bridgehead atoms. The molecule has 0 N–H and O–H groups in total. The molecule has 0 aromatic heterocycles. The van der Waals surface area contributed by atoms with Gasteiger partial charge in [-0.05, 0) is 78.4 Å². The molecule has 0 atom stereocenters. The molecule has 2 nitrogen and oxygen atoms in total. The second-order valence-electron chi connectivity index (χ2n) is 5.31. The second-order valence-corrected chi connectivity index (χ2v) is 10.0. The molecule has 1 aliphatic rings. The van der Waals surface area contributed by atoms with Crippen molar-refractivity contribution in [3.8, 4) is 22.6 Å². The van der Waals surface area contributed by atoms with E-state index in [9.17, 15) is 0 Å². The maximum absolute atomic E-state index is 5.52. The molecule has 0 spiro atoms. The highest BCUT2D eigenvalue weighted by atomic mass is 79.9. The van der Waals surface area contributed by atoms with Crippen molar-refractivity contribution in [3.63, 3.8) is 0 Å². The minimum atomic E-state index is 0.0915. The molecule has 0 unspecified atom stereocenters. The summed E-state index contributed by atoms with van der Waals surface area (Å²) < 4.78 is 13.2. The molecule has 6 heteroatoms. The molecule has 2 aromatic carbocycles. The van der Waals surface area contributed by atoms with Gasteiger partial charge in [-0.1, -0.05) is 13.1 Å². The Hall–Kier alpha value is -0.566. The van der Waals surface area contributed by atoms with Crippen LogP contribution in [0.4, 0.5) is 0 Å². The van der Waals surface area contributed by atoms with E-state index < -0.39 is 0 Å². The monoisotopic (exact) mass is 466 g/mol. The van der Waals surface area contributed by atoms with Crippen LogP contribution in [0.3, 0.4) is 0 Å². The lowest BCUT2D eigenvalue weighted by Crippen LogP contribution is -2.36. The van der Waals surface area contributed by atoms with E-state index in [0.717, 1.165) is 39.5 Å². The number of hydrogen-bond donors (Lipinski definition) is 0. The summed E-state index contributed by atoms with van der Waals surface area (Å²) in [4.78, 5) is 0. The smallest absolute Gasteiger partial charge is 0.133 e. The summed E-state index contributed by atoms with van der Waals surface area (Å²) in [6.07, 6.45) is 0. The van der Waals surface area contributed by atoms with E-state index in [4.69, 9.17) is 9.47 Å². The number of rotatable bonds is 4. The minimum Gasteiger partial charge on any atom is -0.496 e. The third-order valence-corrected chi connectivity index (χ3v) is 9.75. The first-order valence-corrected chi connectivity index (χ1v) is 11.7. The van der Waals surface area contributed by atoms with Crippen LogP contribution < -0.4 is 9.47 Å². The summed E-state index contributed by atoms with van der Waals surface area (Å²) in [6.45, 7) is 4.59. The SMILES string of the molecule is COc1cc2c(cc1Br)C([Si]C)([Si]C)c1cc(Br)c(OC)cc1-2. The molecule has 0 heterocycles. The van der Waals surface area contributed by atoms with Crippen LogP contribution in [0.25, 0.3) is 11.1 Å². The third-order valence-electron chi connectivity index (χ3n) is 4.43. The molecule has 0 amide bonds. The van der Waals surface area contributed by atoms with Crippen LogP contribution in [0.1, 0.15) is 11.1 Å². The van der Waals surface area contributed by atoms with Gasteiger partial charge in [0, 0.05) is 23.7 Å². The number of benzene rings is 2. The molecule has 1 aliphatic carbocycles. The third kappa shape index (κ3) is 2.45. The zero-order chi connectivity index (χ0) is 16.8. The molecular weight excluding hydrogens is 452 g/mol. The van der Waals surface area contributed by atoms with Crippen LogP contribution in [0.15, 0.2) is 33.2 Å². The molecule has 3 rings (SSSR count). The van der Waals surface area contributed by atoms with Crippen molar-refractivity contribution in [2.75, 3.05) is 14.2 Å². The molecule has 0 aliphatic heterocycles. The van der Waals surface area contributed by atoms with E-state index in [1.165, 1.54) is 22.3 Å². The Morgan fingerprint density at radius 1 is 0.783 bits per heavy atom. The van der Waals surface area contributed by atoms with E-state index in [2.05, 4.69) is 69.2 Å². The molecule has 4 radical (unpaired) electrons. The Bertz CT molecular complexity index is 712. The maximum Gasteiger partial charge on any atom is 0.133 e. The Balaban J connectivity index is 2.39. The van der Waals surface area contributed by atoms with Gasteiger partial charge in [0.25, 0.3) is 0 Å². The van der Waals surface area contributed by atoms with E-state index >= 15 is 0 Å². The quantitative estimate of drug-likeness (QED) is 0.594. The highest BCUT2D eigenvalue weighted by molar-refractivity contribution is 9.10. The summed E-state index contributed by atoms with van der Waals surface area (Å²) in [5, 5.41) is 0. The molecule has 118 valence electrons. The van der Waals surface area contributed by atoms with Crippen molar-refractivity contribution >= 4 is 50.9 Å². The van der Waals surface area contributed by atoms with Crippen molar-refractivity contribution in [2.45, 2.75) is 17.8 Å². The first-order valence-electron chi connectivity index (χ1n) is 7.16. The molecular formula is C17H16Br2O2Si2. The summed E-state index contributed by atoms with van der Waals surface area (Å²) >= 11 is 7.31. The van der Waals surface area contributed by atoms with Crippen molar-refractivity contribution in [1.82, 2.24) is 0 Å². The minimum absolute atomic E-state index is 0.0915. The van der Waals surface area contributed by atoms with Gasteiger partial charge in [0.15, 0.2) is 0 Å². The maximum atomic E-state index is 5.52. The zero-order valence-corrected chi connectivity index (χ0v) is 18.6. The molecule has 23 heavy (non-hydrogen) atoms. The van der Waals surface area contributed by atoms with E-state index in [1.807, 2.05) is 0 Å². The topological polar surface area (TPSA) is 18.5 Å². The van der Waals surface area contributed by atoms with Crippen molar-refractivity contribution < 1.29 is 9.47 Å². The summed E-state index contributed by atoms with van der Waals surface area (Å²) in [5.41, 5.74) is 5.30. The van der Waals surface area contributed by atoms with Gasteiger partial charge in [-0.3, -0.25) is 0 Å². The lowest BCUT2D eigenvalue weighted by molar-refractivity contribution is 0.411. The van der Waals surface area contributed by atoms with Crippen molar-refractivity contribution in [2.24, 2.45) is 0 Å². The normalized spacial score (nSPS) is 14.3. The van der Waals surface area contributed by atoms with E-state index in [0.29, 0.717) is 0 Å². The van der Waals surface area contributed by atoms with Gasteiger partial charge in [-0.25, -0.2) is 0 Å². The average Bonchev–Trinajstić information content (AvgIpc) is 2.81. The molecule has 0 fully saturated rings. The lowest BCUT2D eigenvalue weighted by atomic mass is 10.1. The number of fused-ring (bicyclic) bond motifs is 3. The second kappa shape index (κ2) is 6.39. The van der Waals surface area contributed by atoms with Gasteiger partial charge in [-0.15, -0.1) is 0 Å². The fourth-order valence-corrected chi connectivity index (χ4v) is 7.21. The van der Waals surface area contributed by atoms with Crippen molar-refractivity contribution in [3.05, 3.63) is 44.3 Å². The number of ether oxygens (including phenoxy) is 2. The standard InChI is InChI=1S/C17H16Br2O2Si2/c1-20-15-5-9-10-6-16(21-2)14(19)8-12(10)17(22-3,23-4)11(9)7-13(15)18/h5-8H,1-4H3. The van der Waals surface area contributed by atoms with E-state index in [1.54, 1.807) is 14.2 Å².